The van der Waals surface area contributed by atoms with Crippen LogP contribution in [0, 0.1) is 10.8 Å². The Balaban J connectivity index is 2.05. The highest BCUT2D eigenvalue weighted by molar-refractivity contribution is 6.02. The van der Waals surface area contributed by atoms with Crippen LogP contribution in [0.2, 0.25) is 0 Å². The summed E-state index contributed by atoms with van der Waals surface area (Å²) in [6, 6.07) is 4.20. The Hall–Kier alpha value is -3.74. The van der Waals surface area contributed by atoms with Gasteiger partial charge in [-0.1, -0.05) is 27.7 Å². The minimum atomic E-state index is -1.33. The number of aromatic hydroxyl groups is 6. The molecule has 1 atom stereocenters. The summed E-state index contributed by atoms with van der Waals surface area (Å²) in [5.74, 6) is -5.20. The molecule has 6 N–H and O–H groups in total. The molecule has 0 aromatic heterocycles. The van der Waals surface area contributed by atoms with E-state index in [-0.39, 0.29) is 30.4 Å². The lowest BCUT2D eigenvalue weighted by Gasteiger charge is -2.50. The molecule has 0 spiro atoms. The molecule has 1 unspecified atom stereocenters. The first-order chi connectivity index (χ1) is 22.0. The van der Waals surface area contributed by atoms with Gasteiger partial charge in [-0.05, 0) is 86.6 Å². The van der Waals surface area contributed by atoms with Gasteiger partial charge in [0.1, 0.15) is 11.2 Å². The monoisotopic (exact) mass is 692 g/mol. The van der Waals surface area contributed by atoms with Crippen LogP contribution < -0.4 is 0 Å². The Bertz CT molecular complexity index is 1470. The number of hydrogen-bond donors (Lipinski definition) is 6. The van der Waals surface area contributed by atoms with Crippen LogP contribution in [-0.4, -0.2) is 84.1 Å². The van der Waals surface area contributed by atoms with Gasteiger partial charge in [-0.15, -0.1) is 0 Å². The van der Waals surface area contributed by atoms with Crippen molar-refractivity contribution in [2.24, 2.45) is 10.8 Å². The van der Waals surface area contributed by atoms with Gasteiger partial charge in [0.2, 0.25) is 0 Å². The minimum absolute atomic E-state index is 0.0109. The van der Waals surface area contributed by atoms with Crippen LogP contribution in [0.15, 0.2) is 24.3 Å². The summed E-state index contributed by atoms with van der Waals surface area (Å²) in [6.07, 6.45) is -0.00728. The van der Waals surface area contributed by atoms with Gasteiger partial charge in [-0.2, -0.15) is 0 Å². The fraction of sp³-hybridized carbons (Fsp3) is 0.622. The van der Waals surface area contributed by atoms with Gasteiger partial charge in [0.25, 0.3) is 0 Å². The molecule has 2 rings (SSSR count). The standard InChI is InChI=1S/C37H56O12/c1-21(48-36(10,11)32(2,3)20-47-35(8,9)30(44)22-16-24(38)28(42)25(39)17-22)34(6,7)37(12,13)46-15-14-33(4,5)49-31(45)23-18-26(40)29(43)27(41)19-23/h16-19,21,38-43H,14-15,20H2,1-13H3. The van der Waals surface area contributed by atoms with E-state index in [0.717, 1.165) is 24.3 Å². The number of carbonyl (C=O) groups excluding carboxylic acids is 2. The van der Waals surface area contributed by atoms with Crippen molar-refractivity contribution in [3.8, 4) is 34.5 Å². The van der Waals surface area contributed by atoms with Crippen molar-refractivity contribution in [3.63, 3.8) is 0 Å². The highest BCUT2D eigenvalue weighted by Crippen LogP contribution is 2.44. The summed E-state index contributed by atoms with van der Waals surface area (Å²) in [4.78, 5) is 25.9. The van der Waals surface area contributed by atoms with Crippen LogP contribution in [0.5, 0.6) is 34.5 Å². The van der Waals surface area contributed by atoms with Crippen LogP contribution in [0.3, 0.4) is 0 Å². The smallest absolute Gasteiger partial charge is 0.338 e. The molecule has 0 aliphatic carbocycles. The maximum absolute atomic E-state index is 13.2. The maximum Gasteiger partial charge on any atom is 0.338 e. The van der Waals surface area contributed by atoms with E-state index in [2.05, 4.69) is 0 Å². The molecule has 0 amide bonds. The van der Waals surface area contributed by atoms with Crippen LogP contribution in [0.4, 0.5) is 0 Å². The number of ketones is 1. The first-order valence-corrected chi connectivity index (χ1v) is 16.2. The van der Waals surface area contributed by atoms with Crippen LogP contribution in [-0.2, 0) is 18.9 Å². The molecule has 12 nitrogen and oxygen atoms in total. The van der Waals surface area contributed by atoms with E-state index in [4.69, 9.17) is 18.9 Å². The molecule has 0 heterocycles. The predicted octanol–water partition coefficient (Wildman–Crippen LogP) is 6.96. The molecule has 49 heavy (non-hydrogen) atoms. The Morgan fingerprint density at radius 3 is 1.53 bits per heavy atom. The number of benzene rings is 2. The molecule has 0 radical (unpaired) electrons. The lowest BCUT2D eigenvalue weighted by atomic mass is 9.71. The average molecular weight is 693 g/mol. The average Bonchev–Trinajstić information content (AvgIpc) is 2.95. The molecule has 0 aliphatic heterocycles. The third-order valence-electron chi connectivity index (χ3n) is 10.2. The molecule has 0 fully saturated rings. The van der Waals surface area contributed by atoms with E-state index >= 15 is 0 Å². The van der Waals surface area contributed by atoms with Crippen molar-refractivity contribution in [2.45, 2.75) is 125 Å². The molecular weight excluding hydrogens is 636 g/mol. The summed E-state index contributed by atoms with van der Waals surface area (Å²) < 4.78 is 24.9. The highest BCUT2D eigenvalue weighted by atomic mass is 16.6. The second kappa shape index (κ2) is 14.2. The Kier molecular flexibility index (Phi) is 12.0. The fourth-order valence-corrected chi connectivity index (χ4v) is 4.74. The number of esters is 1. The van der Waals surface area contributed by atoms with Gasteiger partial charge in [0.15, 0.2) is 40.3 Å². The van der Waals surface area contributed by atoms with E-state index in [1.54, 1.807) is 27.7 Å². The molecule has 0 bridgehead atoms. The molecule has 2 aromatic rings. The van der Waals surface area contributed by atoms with Gasteiger partial charge in [0.05, 0.1) is 36.1 Å². The molecule has 0 aliphatic rings. The third kappa shape index (κ3) is 9.49. The largest absolute Gasteiger partial charge is 0.504 e. The second-order valence-corrected chi connectivity index (χ2v) is 16.0. The summed E-state index contributed by atoms with van der Waals surface area (Å²) in [5.41, 5.74) is -5.05. The number of phenols is 6. The zero-order chi connectivity index (χ0) is 38.1. The Morgan fingerprint density at radius 2 is 1.08 bits per heavy atom. The number of Topliss-reactive ketones (excluding diaryl/α,β-unsaturated/α-hetero) is 1. The van der Waals surface area contributed by atoms with E-state index in [0.29, 0.717) is 6.42 Å². The van der Waals surface area contributed by atoms with E-state index < -0.39 is 79.5 Å². The summed E-state index contributed by atoms with van der Waals surface area (Å²) in [6.45, 7) is 24.8. The first kappa shape index (κ1) is 41.4. The van der Waals surface area contributed by atoms with Gasteiger partial charge >= 0.3 is 5.97 Å². The van der Waals surface area contributed by atoms with Gasteiger partial charge in [0, 0.05) is 22.8 Å². The number of hydrogen-bond acceptors (Lipinski definition) is 12. The molecule has 12 heteroatoms. The molecule has 0 saturated carbocycles. The van der Waals surface area contributed by atoms with Gasteiger partial charge in [-0.3, -0.25) is 4.79 Å². The van der Waals surface area contributed by atoms with Crippen molar-refractivity contribution >= 4 is 11.8 Å². The summed E-state index contributed by atoms with van der Waals surface area (Å²) in [7, 11) is 0. The zero-order valence-corrected chi connectivity index (χ0v) is 31.1. The highest BCUT2D eigenvalue weighted by Gasteiger charge is 2.48. The predicted molar refractivity (Wildman–Crippen MR) is 184 cm³/mol. The summed E-state index contributed by atoms with van der Waals surface area (Å²) in [5, 5.41) is 58.5. The van der Waals surface area contributed by atoms with Crippen LogP contribution >= 0.6 is 0 Å². The fourth-order valence-electron chi connectivity index (χ4n) is 4.74. The SMILES string of the molecule is CC(OC(C)(C)C(C)(C)COC(C)(C)C(=O)c1cc(O)c(O)c(O)c1)C(C)(C)C(C)(C)OCCC(C)(C)OC(=O)c1cc(O)c(O)c(O)c1. The lowest BCUT2D eigenvalue weighted by molar-refractivity contribution is -0.219. The number of ether oxygens (including phenoxy) is 4. The first-order valence-electron chi connectivity index (χ1n) is 16.2. The van der Waals surface area contributed by atoms with Crippen molar-refractivity contribution in [1.82, 2.24) is 0 Å². The third-order valence-corrected chi connectivity index (χ3v) is 10.2. The molecule has 2 aromatic carbocycles. The van der Waals surface area contributed by atoms with Crippen LogP contribution in [0.1, 0.15) is 117 Å². The van der Waals surface area contributed by atoms with E-state index in [1.807, 2.05) is 62.3 Å². The number of rotatable bonds is 16. The lowest BCUT2D eigenvalue weighted by Crippen LogP contribution is -2.55. The Morgan fingerprint density at radius 1 is 0.653 bits per heavy atom. The van der Waals surface area contributed by atoms with E-state index in [9.17, 15) is 40.2 Å². The molecular formula is C37H56O12. The van der Waals surface area contributed by atoms with Crippen molar-refractivity contribution < 1.29 is 59.2 Å². The zero-order valence-electron chi connectivity index (χ0n) is 31.1. The normalized spacial score (nSPS) is 14.1. The van der Waals surface area contributed by atoms with Crippen molar-refractivity contribution in [2.75, 3.05) is 13.2 Å². The molecule has 0 saturated heterocycles. The van der Waals surface area contributed by atoms with Crippen molar-refractivity contribution in [1.29, 1.82) is 0 Å². The topological polar surface area (TPSA) is 192 Å². The number of carbonyl (C=O) groups is 2. The summed E-state index contributed by atoms with van der Waals surface area (Å²) >= 11 is 0. The minimum Gasteiger partial charge on any atom is -0.504 e. The van der Waals surface area contributed by atoms with Gasteiger partial charge < -0.3 is 49.6 Å². The molecule has 276 valence electrons. The van der Waals surface area contributed by atoms with E-state index in [1.165, 1.54) is 0 Å². The maximum atomic E-state index is 13.2. The number of phenolic OH excluding ortho intramolecular Hbond substituents is 6. The quantitative estimate of drug-likeness (QED) is 0.0603. The van der Waals surface area contributed by atoms with Gasteiger partial charge in [-0.25, -0.2) is 4.79 Å². The van der Waals surface area contributed by atoms with Crippen LogP contribution in [0.25, 0.3) is 0 Å². The second-order valence-electron chi connectivity index (χ2n) is 16.0. The Labute approximate surface area is 289 Å². The van der Waals surface area contributed by atoms with Crippen molar-refractivity contribution in [3.05, 3.63) is 35.4 Å².